The van der Waals surface area contributed by atoms with Gasteiger partial charge in [0.25, 0.3) is 0 Å². The fourth-order valence-corrected chi connectivity index (χ4v) is 20.0. The first-order valence-corrected chi connectivity index (χ1v) is 39.9. The molecule has 0 amide bonds. The predicted molar refractivity (Wildman–Crippen MR) is 482 cm³/mol. The van der Waals surface area contributed by atoms with Crippen molar-refractivity contribution >= 4 is 109 Å². The van der Waals surface area contributed by atoms with E-state index in [-0.39, 0.29) is 10.8 Å². The lowest BCUT2D eigenvalue weighted by atomic mass is 9.81. The summed E-state index contributed by atoms with van der Waals surface area (Å²) in [4.78, 5) is 0. The van der Waals surface area contributed by atoms with E-state index in [0.29, 0.717) is 0 Å². The van der Waals surface area contributed by atoms with Crippen molar-refractivity contribution in [3.05, 3.63) is 411 Å². The fourth-order valence-electron chi connectivity index (χ4n) is 20.0. The van der Waals surface area contributed by atoms with Crippen LogP contribution in [-0.4, -0.2) is 18.3 Å². The molecule has 0 aliphatic heterocycles. The van der Waals surface area contributed by atoms with Crippen molar-refractivity contribution < 1.29 is 0 Å². The highest BCUT2D eigenvalue weighted by atomic mass is 15.0. The van der Waals surface area contributed by atoms with E-state index in [0.717, 1.165) is 11.4 Å². The van der Waals surface area contributed by atoms with Gasteiger partial charge in [0.15, 0.2) is 0 Å². The average Bonchev–Trinajstić information content (AvgIpc) is 1.54. The fraction of sp³-hybridized carbons (Fsp3) is 0.0545. The van der Waals surface area contributed by atoms with Gasteiger partial charge in [-0.15, -0.1) is 0 Å². The summed E-state index contributed by atoms with van der Waals surface area (Å²) < 4.78 is 9.92. The molecule has 0 saturated carbocycles. The molecule has 0 radical (unpaired) electrons. The van der Waals surface area contributed by atoms with Crippen molar-refractivity contribution in [1.29, 1.82) is 0 Å². The van der Waals surface area contributed by atoms with E-state index in [2.05, 4.69) is 434 Å². The summed E-state index contributed by atoms with van der Waals surface area (Å²) in [5, 5.41) is 15.1. The Morgan fingerprint density at radius 1 is 0.193 bits per heavy atom. The van der Waals surface area contributed by atoms with Gasteiger partial charge in [-0.3, -0.25) is 0 Å². The second-order valence-electron chi connectivity index (χ2n) is 32.2. The van der Waals surface area contributed by atoms with Gasteiger partial charge < -0.3 is 18.3 Å². The van der Waals surface area contributed by atoms with E-state index in [9.17, 15) is 0 Å². The largest absolute Gasteiger partial charge is 0.309 e. The monoisotopic (exact) mass is 1450 g/mol. The molecular weight excluding hydrogens is 1380 g/mol. The highest BCUT2D eigenvalue weighted by Crippen LogP contribution is 2.56. The van der Waals surface area contributed by atoms with Gasteiger partial charge in [0.2, 0.25) is 0 Å². The summed E-state index contributed by atoms with van der Waals surface area (Å²) in [6.07, 6.45) is 0. The van der Waals surface area contributed by atoms with Gasteiger partial charge in [0.05, 0.1) is 55.5 Å². The summed E-state index contributed by atoms with van der Waals surface area (Å²) in [6, 6.07) is 144. The van der Waals surface area contributed by atoms with Gasteiger partial charge >= 0.3 is 0 Å². The van der Waals surface area contributed by atoms with E-state index in [1.54, 1.807) is 0 Å². The van der Waals surface area contributed by atoms with Gasteiger partial charge in [0, 0.05) is 81.6 Å². The molecule has 0 fully saturated rings. The van der Waals surface area contributed by atoms with Crippen LogP contribution in [0.15, 0.2) is 388 Å². The standard InChI is InChI=1S/2C55H38N2/c1-55(2)47-20-10-8-19-44(47)53-48(55)30-29-43-46-34-39(26-32-52(46)57(54(43)53)49-22-12-16-37-15-6-7-17-41(37)49)38-25-31-51-45(33-38)42-18-9-11-21-50(42)56(51)40-27-23-36(24-28-40)35-13-4-3-5-14-35;1-55(2)48-20-10-8-18-42(48)44-29-30-45-47-34-39(26-32-52(47)57(54(45)53(44)55)49-22-12-16-37-15-6-7-17-41(37)49)38-25-31-51-46(33-38)43-19-9-11-21-50(43)56(51)40-27-23-36(24-28-40)35-13-4-3-5-14-35/h2*3-34H,1-2H3. The molecule has 0 N–H and O–H groups in total. The highest BCUT2D eigenvalue weighted by Gasteiger charge is 2.40. The van der Waals surface area contributed by atoms with Gasteiger partial charge in [-0.05, 0) is 191 Å². The lowest BCUT2D eigenvalue weighted by Gasteiger charge is -2.24. The van der Waals surface area contributed by atoms with Crippen LogP contribution in [0.1, 0.15) is 49.9 Å². The Morgan fingerprint density at radius 3 is 1.04 bits per heavy atom. The Hall–Kier alpha value is -14.3. The average molecular weight is 1450 g/mol. The van der Waals surface area contributed by atoms with Crippen LogP contribution in [0.2, 0.25) is 0 Å². The summed E-state index contributed by atoms with van der Waals surface area (Å²) in [7, 11) is 0. The molecular formula is C110H76N4. The summed E-state index contributed by atoms with van der Waals surface area (Å²) in [5.41, 5.74) is 35.0. The number of hydrogen-bond acceptors (Lipinski definition) is 0. The zero-order valence-electron chi connectivity index (χ0n) is 63.7. The summed E-state index contributed by atoms with van der Waals surface area (Å²) in [6.45, 7) is 9.55. The van der Waals surface area contributed by atoms with Crippen molar-refractivity contribution in [2.45, 2.75) is 38.5 Å². The molecule has 18 aromatic carbocycles. The zero-order valence-corrected chi connectivity index (χ0v) is 63.7. The predicted octanol–water partition coefficient (Wildman–Crippen LogP) is 29.3. The molecule has 114 heavy (non-hydrogen) atoms. The van der Waals surface area contributed by atoms with Crippen LogP contribution in [0, 0.1) is 0 Å². The first kappa shape index (κ1) is 65.6. The molecule has 0 atom stereocenters. The van der Waals surface area contributed by atoms with E-state index in [1.807, 2.05) is 0 Å². The molecule has 4 aromatic heterocycles. The van der Waals surface area contributed by atoms with Crippen LogP contribution in [0.4, 0.5) is 0 Å². The molecule has 4 nitrogen and oxygen atoms in total. The Labute approximate surface area is 661 Å². The molecule has 2 aliphatic carbocycles. The van der Waals surface area contributed by atoms with E-state index in [4.69, 9.17) is 0 Å². The first-order chi connectivity index (χ1) is 56.1. The molecule has 24 rings (SSSR count). The number of hydrogen-bond donors (Lipinski definition) is 0. The zero-order chi connectivity index (χ0) is 75.7. The summed E-state index contributed by atoms with van der Waals surface area (Å²) >= 11 is 0. The minimum atomic E-state index is -0.161. The number of benzene rings is 18. The number of para-hydroxylation sites is 2. The topological polar surface area (TPSA) is 19.7 Å². The Morgan fingerprint density at radius 2 is 0.544 bits per heavy atom. The van der Waals surface area contributed by atoms with Crippen molar-refractivity contribution in [3.8, 4) is 89.5 Å². The Kier molecular flexibility index (Phi) is 14.4. The quantitative estimate of drug-likeness (QED) is 0.144. The lowest BCUT2D eigenvalue weighted by molar-refractivity contribution is 0.661. The third kappa shape index (κ3) is 9.77. The first-order valence-electron chi connectivity index (χ1n) is 39.9. The van der Waals surface area contributed by atoms with Crippen LogP contribution in [0.5, 0.6) is 0 Å². The minimum absolute atomic E-state index is 0.0934. The molecule has 0 bridgehead atoms. The second-order valence-corrected chi connectivity index (χ2v) is 32.2. The third-order valence-electron chi connectivity index (χ3n) is 25.4. The maximum atomic E-state index is 2.56. The number of fused-ring (bicyclic) bond motifs is 22. The van der Waals surface area contributed by atoms with Gasteiger partial charge in [0.1, 0.15) is 0 Å². The third-order valence-corrected chi connectivity index (χ3v) is 25.4. The molecule has 0 unspecified atom stereocenters. The smallest absolute Gasteiger partial charge is 0.0622 e. The van der Waals surface area contributed by atoms with Crippen molar-refractivity contribution in [2.24, 2.45) is 0 Å². The number of aromatic nitrogens is 4. The van der Waals surface area contributed by atoms with Crippen LogP contribution in [-0.2, 0) is 10.8 Å². The molecule has 2 aliphatic rings. The minimum Gasteiger partial charge on any atom is -0.309 e. The lowest BCUT2D eigenvalue weighted by Crippen LogP contribution is -2.16. The van der Waals surface area contributed by atoms with Gasteiger partial charge in [-0.1, -0.05) is 319 Å². The van der Waals surface area contributed by atoms with Crippen LogP contribution in [0.25, 0.3) is 198 Å². The molecule has 536 valence electrons. The van der Waals surface area contributed by atoms with E-state index >= 15 is 0 Å². The summed E-state index contributed by atoms with van der Waals surface area (Å²) in [5.74, 6) is 0. The highest BCUT2D eigenvalue weighted by molar-refractivity contribution is 6.20. The van der Waals surface area contributed by atoms with E-state index < -0.39 is 0 Å². The maximum Gasteiger partial charge on any atom is 0.0622 e. The SMILES string of the molecule is CC1(C)c2ccccc2-c2c1ccc1c3cc(-c4ccc5c(c4)c4ccccc4n5-c4ccc(-c5ccccc5)cc4)ccc3n(-c3cccc4ccccc34)c21.CC1(C)c2ccccc2-c2ccc3c4cc(-c5ccc6c(c5)c5ccccc5n6-c5ccc(-c6ccccc6)cc5)ccc4n(-c4cccc5ccccc45)c3c21. The molecule has 4 heterocycles. The van der Waals surface area contributed by atoms with Crippen molar-refractivity contribution in [2.75, 3.05) is 0 Å². The number of nitrogens with zero attached hydrogens (tertiary/aromatic N) is 4. The molecule has 0 spiro atoms. The second kappa shape index (κ2) is 25.1. The van der Waals surface area contributed by atoms with E-state index in [1.165, 1.54) is 209 Å². The van der Waals surface area contributed by atoms with Crippen LogP contribution >= 0.6 is 0 Å². The Bertz CT molecular complexity index is 7740. The Balaban J connectivity index is 0.000000135. The normalized spacial score (nSPS) is 13.2. The van der Waals surface area contributed by atoms with Crippen molar-refractivity contribution in [1.82, 2.24) is 18.3 Å². The molecule has 0 saturated heterocycles. The maximum absolute atomic E-state index is 2.56. The van der Waals surface area contributed by atoms with Gasteiger partial charge in [-0.25, -0.2) is 0 Å². The van der Waals surface area contributed by atoms with Crippen LogP contribution in [0.3, 0.4) is 0 Å². The van der Waals surface area contributed by atoms with Crippen molar-refractivity contribution in [3.63, 3.8) is 0 Å². The van der Waals surface area contributed by atoms with Crippen LogP contribution < -0.4 is 0 Å². The number of rotatable bonds is 8. The van der Waals surface area contributed by atoms with Gasteiger partial charge in [-0.2, -0.15) is 0 Å². The molecule has 4 heteroatoms. The molecule has 22 aromatic rings.